The number of ether oxygens (including phenoxy) is 1. The molecule has 0 N–H and O–H groups in total. The molecular weight excluding hydrogens is 395 g/mol. The molecule has 1 nitrogen and oxygen atoms in total. The van der Waals surface area contributed by atoms with E-state index < -0.39 is 0 Å². The molecule has 0 saturated carbocycles. The van der Waals surface area contributed by atoms with Crippen molar-refractivity contribution in [2.45, 2.75) is 19.3 Å². The van der Waals surface area contributed by atoms with E-state index in [9.17, 15) is 0 Å². The third-order valence-corrected chi connectivity index (χ3v) is 5.49. The summed E-state index contributed by atoms with van der Waals surface area (Å²) in [6, 6.07) is 23.2. The minimum Gasteiger partial charge on any atom is -0.456 e. The highest BCUT2D eigenvalue weighted by atomic mass is 127. The Balaban J connectivity index is 1.89. The van der Waals surface area contributed by atoms with Crippen molar-refractivity contribution in [2.75, 3.05) is 0 Å². The van der Waals surface area contributed by atoms with Gasteiger partial charge in [0.15, 0.2) is 0 Å². The van der Waals surface area contributed by atoms with Crippen LogP contribution < -0.4 is 4.74 Å². The summed E-state index contributed by atoms with van der Waals surface area (Å²) in [4.78, 5) is 0. The summed E-state index contributed by atoms with van der Waals surface area (Å²) in [6.45, 7) is 4.56. The van der Waals surface area contributed by atoms with E-state index in [4.69, 9.17) is 4.74 Å². The summed E-state index contributed by atoms with van der Waals surface area (Å²) in [5, 5.41) is 0. The lowest BCUT2D eigenvalue weighted by Gasteiger charge is -2.24. The zero-order valence-electron chi connectivity index (χ0n) is 13.1. The molecule has 0 saturated heterocycles. The van der Waals surface area contributed by atoms with Crippen LogP contribution in [0.25, 0.3) is 11.1 Å². The monoisotopic (exact) mass is 412 g/mol. The Morgan fingerprint density at radius 3 is 2.22 bits per heavy atom. The fourth-order valence-electron chi connectivity index (χ4n) is 3.53. The Morgan fingerprint density at radius 1 is 0.739 bits per heavy atom. The second-order valence-corrected chi connectivity index (χ2v) is 7.54. The van der Waals surface area contributed by atoms with Gasteiger partial charge < -0.3 is 4.74 Å². The molecule has 1 aliphatic rings. The lowest BCUT2D eigenvalue weighted by Crippen LogP contribution is -2.16. The predicted molar refractivity (Wildman–Crippen MR) is 103 cm³/mol. The predicted octanol–water partition coefficient (Wildman–Crippen LogP) is 6.39. The van der Waals surface area contributed by atoms with Gasteiger partial charge in [0.25, 0.3) is 0 Å². The molecule has 0 atom stereocenters. The molecule has 0 heterocycles. The molecule has 0 aromatic heterocycles. The van der Waals surface area contributed by atoms with Gasteiger partial charge in [0.2, 0.25) is 0 Å². The lowest BCUT2D eigenvalue weighted by molar-refractivity contribution is 0.462. The molecule has 0 amide bonds. The van der Waals surface area contributed by atoms with Crippen LogP contribution >= 0.6 is 22.6 Å². The van der Waals surface area contributed by atoms with Gasteiger partial charge in [0.05, 0.1) is 3.57 Å². The number of halogens is 1. The molecule has 0 spiro atoms. The maximum absolute atomic E-state index is 6.31. The maximum Gasteiger partial charge on any atom is 0.140 e. The number of para-hydroxylation sites is 1. The molecule has 0 radical (unpaired) electrons. The minimum absolute atomic E-state index is 0.0528. The van der Waals surface area contributed by atoms with Crippen LogP contribution in [0.5, 0.6) is 11.5 Å². The van der Waals surface area contributed by atoms with E-state index >= 15 is 0 Å². The Hall–Kier alpha value is -1.81. The number of hydrogen-bond donors (Lipinski definition) is 0. The number of hydrogen-bond acceptors (Lipinski definition) is 1. The second kappa shape index (κ2) is 5.38. The fraction of sp³-hybridized carbons (Fsp3) is 0.143. The average Bonchev–Trinajstić information content (AvgIpc) is 2.79. The molecule has 0 fully saturated rings. The van der Waals surface area contributed by atoms with E-state index in [1.807, 2.05) is 18.2 Å². The molecule has 114 valence electrons. The molecule has 0 bridgehead atoms. The molecule has 3 aromatic rings. The fourth-order valence-corrected chi connectivity index (χ4v) is 4.03. The van der Waals surface area contributed by atoms with Gasteiger partial charge in [-0.3, -0.25) is 0 Å². The number of fused-ring (bicyclic) bond motifs is 3. The lowest BCUT2D eigenvalue weighted by atomic mass is 9.82. The van der Waals surface area contributed by atoms with Crippen LogP contribution in [-0.4, -0.2) is 0 Å². The molecule has 23 heavy (non-hydrogen) atoms. The van der Waals surface area contributed by atoms with Crippen LogP contribution in [0.15, 0.2) is 66.7 Å². The van der Waals surface area contributed by atoms with Crippen LogP contribution in [0.2, 0.25) is 0 Å². The van der Waals surface area contributed by atoms with Crippen molar-refractivity contribution in [2.24, 2.45) is 0 Å². The topological polar surface area (TPSA) is 9.23 Å². The molecule has 3 aromatic carbocycles. The van der Waals surface area contributed by atoms with E-state index in [1.165, 1.54) is 22.3 Å². The minimum atomic E-state index is -0.0528. The maximum atomic E-state index is 6.31. The van der Waals surface area contributed by atoms with Gasteiger partial charge in [0.1, 0.15) is 11.5 Å². The first-order chi connectivity index (χ1) is 11.1. The Bertz CT molecular complexity index is 896. The Kier molecular flexibility index (Phi) is 3.45. The van der Waals surface area contributed by atoms with Crippen molar-refractivity contribution in [3.63, 3.8) is 0 Å². The molecular formula is C21H17IO. The Labute approximate surface area is 150 Å². The van der Waals surface area contributed by atoms with Crippen LogP contribution in [-0.2, 0) is 5.41 Å². The number of rotatable bonds is 2. The van der Waals surface area contributed by atoms with Gasteiger partial charge in [0, 0.05) is 11.0 Å². The summed E-state index contributed by atoms with van der Waals surface area (Å²) in [6.07, 6.45) is 0. The van der Waals surface area contributed by atoms with Crippen molar-refractivity contribution in [1.29, 1.82) is 0 Å². The first-order valence-electron chi connectivity index (χ1n) is 7.75. The third kappa shape index (κ3) is 2.27. The highest BCUT2D eigenvalue weighted by Gasteiger charge is 2.37. The van der Waals surface area contributed by atoms with Crippen molar-refractivity contribution in [1.82, 2.24) is 0 Å². The van der Waals surface area contributed by atoms with E-state index in [1.54, 1.807) is 0 Å². The normalized spacial score (nSPS) is 14.2. The van der Waals surface area contributed by atoms with E-state index in [0.717, 1.165) is 15.1 Å². The second-order valence-electron chi connectivity index (χ2n) is 6.38. The summed E-state index contributed by atoms with van der Waals surface area (Å²) in [5.41, 5.74) is 5.20. The van der Waals surface area contributed by atoms with E-state index in [2.05, 4.69) is 85.0 Å². The standard InChI is InChI=1S/C21H17IO/c1-21(2)16-10-4-3-8-14(16)15-9-7-13-19(20(15)21)23-18-12-6-5-11-17(18)22/h3-13H,1-2H3. The highest BCUT2D eigenvalue weighted by Crippen LogP contribution is 2.52. The summed E-state index contributed by atoms with van der Waals surface area (Å²) < 4.78 is 7.43. The molecule has 2 heteroatoms. The van der Waals surface area contributed by atoms with Gasteiger partial charge in [-0.05, 0) is 57.5 Å². The van der Waals surface area contributed by atoms with Crippen molar-refractivity contribution in [3.8, 4) is 22.6 Å². The van der Waals surface area contributed by atoms with Crippen LogP contribution in [0.3, 0.4) is 0 Å². The van der Waals surface area contributed by atoms with Gasteiger partial charge >= 0.3 is 0 Å². The first kappa shape index (κ1) is 14.8. The Morgan fingerprint density at radius 2 is 1.39 bits per heavy atom. The SMILES string of the molecule is CC1(C)c2ccccc2-c2cccc(Oc3ccccc3I)c21. The highest BCUT2D eigenvalue weighted by molar-refractivity contribution is 14.1. The third-order valence-electron chi connectivity index (χ3n) is 4.60. The zero-order valence-corrected chi connectivity index (χ0v) is 15.3. The summed E-state index contributed by atoms with van der Waals surface area (Å²) in [5.74, 6) is 1.86. The van der Waals surface area contributed by atoms with Crippen LogP contribution in [0.1, 0.15) is 25.0 Å². The van der Waals surface area contributed by atoms with Crippen LogP contribution in [0, 0.1) is 3.57 Å². The zero-order chi connectivity index (χ0) is 16.0. The average molecular weight is 412 g/mol. The van der Waals surface area contributed by atoms with Gasteiger partial charge in [-0.15, -0.1) is 0 Å². The molecule has 1 aliphatic carbocycles. The summed E-state index contributed by atoms with van der Waals surface area (Å²) >= 11 is 2.32. The van der Waals surface area contributed by atoms with Crippen LogP contribution in [0.4, 0.5) is 0 Å². The largest absolute Gasteiger partial charge is 0.456 e. The molecule has 4 rings (SSSR count). The van der Waals surface area contributed by atoms with E-state index in [-0.39, 0.29) is 5.41 Å². The van der Waals surface area contributed by atoms with E-state index in [0.29, 0.717) is 0 Å². The summed E-state index contributed by atoms with van der Waals surface area (Å²) in [7, 11) is 0. The molecule has 0 unspecified atom stereocenters. The molecule has 0 aliphatic heterocycles. The van der Waals surface area contributed by atoms with Crippen molar-refractivity contribution >= 4 is 22.6 Å². The van der Waals surface area contributed by atoms with Gasteiger partial charge in [-0.25, -0.2) is 0 Å². The number of benzene rings is 3. The smallest absolute Gasteiger partial charge is 0.140 e. The van der Waals surface area contributed by atoms with Crippen molar-refractivity contribution < 1.29 is 4.74 Å². The quantitative estimate of drug-likeness (QED) is 0.443. The van der Waals surface area contributed by atoms with Crippen molar-refractivity contribution in [3.05, 3.63) is 81.4 Å². The van der Waals surface area contributed by atoms with Gasteiger partial charge in [-0.1, -0.05) is 62.4 Å². The van der Waals surface area contributed by atoms with Gasteiger partial charge in [-0.2, -0.15) is 0 Å². The first-order valence-corrected chi connectivity index (χ1v) is 8.82.